The van der Waals surface area contributed by atoms with Crippen LogP contribution in [0.15, 0.2) is 48.5 Å². The molecule has 1 aliphatic rings. The fraction of sp³-hybridized carbons (Fsp3) is 0.235. The summed E-state index contributed by atoms with van der Waals surface area (Å²) < 4.78 is 0. The molecule has 0 spiro atoms. The van der Waals surface area contributed by atoms with Crippen molar-refractivity contribution in [2.24, 2.45) is 0 Å². The normalized spacial score (nSPS) is 15.4. The number of benzene rings is 2. The Morgan fingerprint density at radius 1 is 1.10 bits per heavy atom. The molecule has 0 radical (unpaired) electrons. The highest BCUT2D eigenvalue weighted by Gasteiger charge is 2.28. The molecule has 1 fully saturated rings. The maximum atomic E-state index is 9.48. The molecule has 0 amide bonds. The summed E-state index contributed by atoms with van der Waals surface area (Å²) in [6.45, 7) is 0. The highest BCUT2D eigenvalue weighted by Crippen LogP contribution is 2.43. The number of anilines is 1. The van der Waals surface area contributed by atoms with Crippen molar-refractivity contribution in [1.82, 2.24) is 0 Å². The van der Waals surface area contributed by atoms with E-state index in [1.54, 1.807) is 0 Å². The van der Waals surface area contributed by atoms with Crippen LogP contribution in [0, 0.1) is 11.3 Å². The van der Waals surface area contributed by atoms with E-state index in [9.17, 15) is 5.26 Å². The summed E-state index contributed by atoms with van der Waals surface area (Å²) in [7, 11) is 0. The van der Waals surface area contributed by atoms with E-state index in [1.165, 1.54) is 18.4 Å². The fourth-order valence-electron chi connectivity index (χ4n) is 2.43. The van der Waals surface area contributed by atoms with Crippen molar-refractivity contribution in [1.29, 1.82) is 5.26 Å². The average Bonchev–Trinajstić information content (AvgIpc) is 3.31. The molecule has 2 aromatic rings. The van der Waals surface area contributed by atoms with Crippen molar-refractivity contribution in [2.45, 2.75) is 24.8 Å². The average molecular weight is 283 g/mol. The van der Waals surface area contributed by atoms with Gasteiger partial charge in [-0.25, -0.2) is 0 Å². The molecular formula is C17H15ClN2. The minimum Gasteiger partial charge on any atom is -0.366 e. The fourth-order valence-corrected chi connectivity index (χ4v) is 2.56. The maximum absolute atomic E-state index is 9.48. The van der Waals surface area contributed by atoms with Crippen molar-refractivity contribution in [2.75, 3.05) is 5.32 Å². The third kappa shape index (κ3) is 2.79. The monoisotopic (exact) mass is 282 g/mol. The van der Waals surface area contributed by atoms with Gasteiger partial charge in [-0.3, -0.25) is 0 Å². The second kappa shape index (κ2) is 5.56. The van der Waals surface area contributed by atoms with E-state index in [0.717, 1.165) is 11.3 Å². The summed E-state index contributed by atoms with van der Waals surface area (Å²) in [6, 6.07) is 17.7. The molecule has 1 N–H and O–H groups in total. The first kappa shape index (κ1) is 13.0. The van der Waals surface area contributed by atoms with E-state index in [1.807, 2.05) is 42.5 Å². The van der Waals surface area contributed by atoms with Gasteiger partial charge < -0.3 is 5.32 Å². The van der Waals surface area contributed by atoms with E-state index < -0.39 is 0 Å². The lowest BCUT2D eigenvalue weighted by Crippen LogP contribution is -2.10. The lowest BCUT2D eigenvalue weighted by Gasteiger charge is -2.17. The zero-order valence-corrected chi connectivity index (χ0v) is 11.8. The van der Waals surface area contributed by atoms with Gasteiger partial charge in [-0.2, -0.15) is 5.26 Å². The Bertz CT molecular complexity index is 639. The highest BCUT2D eigenvalue weighted by atomic mass is 35.5. The second-order valence-electron chi connectivity index (χ2n) is 5.12. The molecule has 0 aliphatic heterocycles. The number of hydrogen-bond donors (Lipinski definition) is 1. The summed E-state index contributed by atoms with van der Waals surface area (Å²) in [6.07, 6.45) is 2.46. The lowest BCUT2D eigenvalue weighted by atomic mass is 9.97. The van der Waals surface area contributed by atoms with Crippen LogP contribution in [0.3, 0.4) is 0 Å². The molecule has 100 valence electrons. The Morgan fingerprint density at radius 2 is 1.80 bits per heavy atom. The van der Waals surface area contributed by atoms with E-state index in [4.69, 9.17) is 11.6 Å². The first-order valence-electron chi connectivity index (χ1n) is 6.78. The van der Waals surface area contributed by atoms with Crippen LogP contribution in [0.1, 0.15) is 35.9 Å². The zero-order chi connectivity index (χ0) is 13.9. The number of rotatable bonds is 4. The van der Waals surface area contributed by atoms with Crippen LogP contribution in [0.2, 0.25) is 5.02 Å². The Morgan fingerprint density at radius 3 is 2.45 bits per heavy atom. The van der Waals surface area contributed by atoms with E-state index in [0.29, 0.717) is 10.9 Å². The van der Waals surface area contributed by atoms with Crippen molar-refractivity contribution < 1.29 is 0 Å². The van der Waals surface area contributed by atoms with Crippen molar-refractivity contribution in [3.63, 3.8) is 0 Å². The Labute approximate surface area is 124 Å². The predicted octanol–water partition coefficient (Wildman–Crippen LogP) is 4.89. The Kier molecular flexibility index (Phi) is 3.62. The van der Waals surface area contributed by atoms with Crippen molar-refractivity contribution in [3.05, 3.63) is 64.7 Å². The van der Waals surface area contributed by atoms with Gasteiger partial charge in [-0.1, -0.05) is 35.9 Å². The maximum Gasteiger partial charge on any atom is 0.140 e. The molecule has 20 heavy (non-hydrogen) atoms. The van der Waals surface area contributed by atoms with Gasteiger partial charge in [0.1, 0.15) is 6.04 Å². The van der Waals surface area contributed by atoms with Gasteiger partial charge in [0, 0.05) is 10.7 Å². The van der Waals surface area contributed by atoms with Gasteiger partial charge in [0.15, 0.2) is 0 Å². The summed E-state index contributed by atoms with van der Waals surface area (Å²) >= 11 is 5.88. The van der Waals surface area contributed by atoms with E-state index in [-0.39, 0.29) is 6.04 Å². The number of halogens is 1. The van der Waals surface area contributed by atoms with Crippen LogP contribution in [0.4, 0.5) is 5.69 Å². The van der Waals surface area contributed by atoms with Gasteiger partial charge in [-0.15, -0.1) is 0 Å². The highest BCUT2D eigenvalue weighted by molar-refractivity contribution is 6.30. The zero-order valence-electron chi connectivity index (χ0n) is 11.0. The quantitative estimate of drug-likeness (QED) is 0.866. The summed E-state index contributed by atoms with van der Waals surface area (Å²) in [4.78, 5) is 0. The minimum atomic E-state index is -0.326. The second-order valence-corrected chi connectivity index (χ2v) is 5.55. The van der Waals surface area contributed by atoms with E-state index in [2.05, 4.69) is 17.5 Å². The standard InChI is InChI=1S/C17H15ClN2/c18-13-7-9-14(10-8-13)20-17(11-19)16-4-2-1-3-15(16)12-5-6-12/h1-4,7-10,12,17,20H,5-6H2. The van der Waals surface area contributed by atoms with E-state index >= 15 is 0 Å². The van der Waals surface area contributed by atoms with Crippen LogP contribution in [0.25, 0.3) is 0 Å². The summed E-state index contributed by atoms with van der Waals surface area (Å²) in [5, 5.41) is 13.5. The molecule has 2 nitrogen and oxygen atoms in total. The number of hydrogen-bond acceptors (Lipinski definition) is 2. The van der Waals surface area contributed by atoms with Gasteiger partial charge in [0.05, 0.1) is 6.07 Å². The number of nitrogens with zero attached hydrogens (tertiary/aromatic N) is 1. The lowest BCUT2D eigenvalue weighted by molar-refractivity contribution is 0.949. The molecule has 0 heterocycles. The molecule has 1 unspecified atom stereocenters. The SMILES string of the molecule is N#CC(Nc1ccc(Cl)cc1)c1ccccc1C1CC1. The van der Waals surface area contributed by atoms with Crippen LogP contribution >= 0.6 is 11.6 Å². The molecule has 1 saturated carbocycles. The third-order valence-electron chi connectivity index (χ3n) is 3.61. The smallest absolute Gasteiger partial charge is 0.140 e. The first-order chi connectivity index (χ1) is 9.78. The molecule has 0 saturated heterocycles. The number of nitrogens with one attached hydrogen (secondary N) is 1. The van der Waals surface area contributed by atoms with Crippen LogP contribution in [-0.4, -0.2) is 0 Å². The van der Waals surface area contributed by atoms with Crippen LogP contribution in [-0.2, 0) is 0 Å². The van der Waals surface area contributed by atoms with Crippen LogP contribution < -0.4 is 5.32 Å². The largest absolute Gasteiger partial charge is 0.366 e. The first-order valence-corrected chi connectivity index (χ1v) is 7.16. The number of nitriles is 1. The topological polar surface area (TPSA) is 35.8 Å². The van der Waals surface area contributed by atoms with Gasteiger partial charge in [0.2, 0.25) is 0 Å². The third-order valence-corrected chi connectivity index (χ3v) is 3.86. The molecule has 0 aromatic heterocycles. The summed E-state index contributed by atoms with van der Waals surface area (Å²) in [5.41, 5.74) is 3.31. The van der Waals surface area contributed by atoms with Crippen molar-refractivity contribution in [3.8, 4) is 6.07 Å². The van der Waals surface area contributed by atoms with Gasteiger partial charge in [0.25, 0.3) is 0 Å². The Balaban J connectivity index is 1.87. The molecule has 0 bridgehead atoms. The molecule has 3 rings (SSSR count). The van der Waals surface area contributed by atoms with Gasteiger partial charge >= 0.3 is 0 Å². The summed E-state index contributed by atoms with van der Waals surface area (Å²) in [5.74, 6) is 0.633. The molecule has 3 heteroatoms. The predicted molar refractivity (Wildman–Crippen MR) is 81.8 cm³/mol. The minimum absolute atomic E-state index is 0.326. The molecule has 1 atom stereocenters. The molecular weight excluding hydrogens is 268 g/mol. The van der Waals surface area contributed by atoms with Crippen LogP contribution in [0.5, 0.6) is 0 Å². The van der Waals surface area contributed by atoms with Crippen molar-refractivity contribution >= 4 is 17.3 Å². The Hall–Kier alpha value is -1.98. The molecule has 1 aliphatic carbocycles. The molecule has 2 aromatic carbocycles. The van der Waals surface area contributed by atoms with Gasteiger partial charge in [-0.05, 0) is 54.2 Å².